The SMILES string of the molecule is Cc1c(Cl)cccc1NC(=O)c1cccc(N2C(=O)[C@H]3CCCC[C@H]3C2=O)c1. The number of halogens is 1. The first kappa shape index (κ1) is 18.7. The van der Waals surface area contributed by atoms with Crippen molar-refractivity contribution >= 4 is 40.7 Å². The summed E-state index contributed by atoms with van der Waals surface area (Å²) in [7, 11) is 0. The number of rotatable bonds is 3. The van der Waals surface area contributed by atoms with Crippen LogP contribution in [0.25, 0.3) is 0 Å². The quantitative estimate of drug-likeness (QED) is 0.772. The highest BCUT2D eigenvalue weighted by Crippen LogP contribution is 2.40. The summed E-state index contributed by atoms with van der Waals surface area (Å²) >= 11 is 6.11. The number of nitrogens with zero attached hydrogens (tertiary/aromatic N) is 1. The summed E-state index contributed by atoms with van der Waals surface area (Å²) in [5.74, 6) is -1.03. The highest BCUT2D eigenvalue weighted by molar-refractivity contribution is 6.31. The fraction of sp³-hybridized carbons (Fsp3) is 0.318. The van der Waals surface area contributed by atoms with E-state index in [0.29, 0.717) is 22.0 Å². The maximum absolute atomic E-state index is 12.8. The molecule has 0 spiro atoms. The monoisotopic (exact) mass is 396 g/mol. The van der Waals surface area contributed by atoms with Crippen LogP contribution in [-0.2, 0) is 9.59 Å². The Morgan fingerprint density at radius 1 is 1.04 bits per heavy atom. The van der Waals surface area contributed by atoms with Crippen LogP contribution in [0.2, 0.25) is 5.02 Å². The second kappa shape index (κ2) is 7.40. The van der Waals surface area contributed by atoms with Crippen molar-refractivity contribution in [1.29, 1.82) is 0 Å². The third-order valence-electron chi connectivity index (χ3n) is 5.72. The lowest BCUT2D eigenvalue weighted by atomic mass is 9.81. The summed E-state index contributed by atoms with van der Waals surface area (Å²) in [5, 5.41) is 3.42. The average molecular weight is 397 g/mol. The lowest BCUT2D eigenvalue weighted by Gasteiger charge is -2.19. The van der Waals surface area contributed by atoms with Crippen molar-refractivity contribution < 1.29 is 14.4 Å². The van der Waals surface area contributed by atoms with Crippen LogP contribution >= 0.6 is 11.6 Å². The van der Waals surface area contributed by atoms with Gasteiger partial charge in [0.15, 0.2) is 0 Å². The molecule has 2 atom stereocenters. The minimum absolute atomic E-state index is 0.141. The van der Waals surface area contributed by atoms with Crippen LogP contribution in [0.3, 0.4) is 0 Å². The highest BCUT2D eigenvalue weighted by Gasteiger charge is 2.48. The van der Waals surface area contributed by atoms with E-state index in [9.17, 15) is 14.4 Å². The van der Waals surface area contributed by atoms with Gasteiger partial charge in [-0.1, -0.05) is 36.6 Å². The molecule has 2 aromatic rings. The minimum atomic E-state index is -0.316. The first-order valence-corrected chi connectivity index (χ1v) is 9.89. The Balaban J connectivity index is 1.59. The van der Waals surface area contributed by atoms with Gasteiger partial charge in [-0.3, -0.25) is 19.3 Å². The van der Waals surface area contributed by atoms with Crippen LogP contribution in [0.4, 0.5) is 11.4 Å². The molecular formula is C22H21ClN2O3. The molecule has 1 aliphatic heterocycles. The molecule has 3 amide bonds. The predicted octanol–water partition coefficient (Wildman–Crippen LogP) is 4.58. The third-order valence-corrected chi connectivity index (χ3v) is 6.13. The van der Waals surface area contributed by atoms with Crippen LogP contribution in [0.1, 0.15) is 41.6 Å². The number of amides is 3. The minimum Gasteiger partial charge on any atom is -0.322 e. The van der Waals surface area contributed by atoms with Crippen LogP contribution in [-0.4, -0.2) is 17.7 Å². The number of carbonyl (C=O) groups excluding carboxylic acids is 3. The Labute approximate surface area is 168 Å². The van der Waals surface area contributed by atoms with Gasteiger partial charge in [0, 0.05) is 16.3 Å². The largest absolute Gasteiger partial charge is 0.322 e. The molecule has 4 rings (SSSR count). The number of hydrogen-bond acceptors (Lipinski definition) is 3. The number of carbonyl (C=O) groups is 3. The first-order valence-electron chi connectivity index (χ1n) is 9.51. The molecule has 1 heterocycles. The van der Waals surface area contributed by atoms with Crippen LogP contribution in [0, 0.1) is 18.8 Å². The molecule has 1 N–H and O–H groups in total. The second-order valence-electron chi connectivity index (χ2n) is 7.43. The summed E-state index contributed by atoms with van der Waals surface area (Å²) in [6.45, 7) is 1.83. The van der Waals surface area contributed by atoms with Gasteiger partial charge in [-0.05, 0) is 55.7 Å². The fourth-order valence-corrected chi connectivity index (χ4v) is 4.31. The molecule has 28 heavy (non-hydrogen) atoms. The van der Waals surface area contributed by atoms with Gasteiger partial charge in [-0.15, -0.1) is 0 Å². The Hall–Kier alpha value is -2.66. The molecular weight excluding hydrogens is 376 g/mol. The summed E-state index contributed by atoms with van der Waals surface area (Å²) in [6.07, 6.45) is 3.49. The Morgan fingerprint density at radius 3 is 2.36 bits per heavy atom. The predicted molar refractivity (Wildman–Crippen MR) is 109 cm³/mol. The molecule has 2 aliphatic rings. The van der Waals surface area contributed by atoms with Crippen molar-refractivity contribution in [3.05, 3.63) is 58.6 Å². The zero-order chi connectivity index (χ0) is 19.8. The van der Waals surface area contributed by atoms with Gasteiger partial charge in [0.05, 0.1) is 17.5 Å². The molecule has 0 bridgehead atoms. The topological polar surface area (TPSA) is 66.5 Å². The molecule has 1 saturated carbocycles. The summed E-state index contributed by atoms with van der Waals surface area (Å²) < 4.78 is 0. The van der Waals surface area contributed by atoms with Crippen molar-refractivity contribution in [3.8, 4) is 0 Å². The summed E-state index contributed by atoms with van der Waals surface area (Å²) in [5.41, 5.74) is 2.25. The van der Waals surface area contributed by atoms with Gasteiger partial charge >= 0.3 is 0 Å². The first-order chi connectivity index (χ1) is 13.5. The lowest BCUT2D eigenvalue weighted by molar-refractivity contribution is -0.122. The molecule has 0 radical (unpaired) electrons. The Bertz CT molecular complexity index is 948. The number of benzene rings is 2. The van der Waals surface area contributed by atoms with Crippen molar-refractivity contribution in [3.63, 3.8) is 0 Å². The van der Waals surface area contributed by atoms with Crippen LogP contribution in [0.5, 0.6) is 0 Å². The number of hydrogen-bond donors (Lipinski definition) is 1. The standard InChI is InChI=1S/C22H21ClN2O3/c1-13-18(23)10-5-11-19(13)24-20(26)14-6-4-7-15(12-14)25-21(27)16-8-2-3-9-17(16)22(25)28/h4-7,10-12,16-17H,2-3,8-9H2,1H3,(H,24,26)/t16-,17+. The summed E-state index contributed by atoms with van der Waals surface area (Å²) in [6, 6.07) is 12.0. The van der Waals surface area contributed by atoms with Gasteiger partial charge in [-0.25, -0.2) is 0 Å². The van der Waals surface area contributed by atoms with E-state index in [4.69, 9.17) is 11.6 Å². The van der Waals surface area contributed by atoms with Gasteiger partial charge in [0.1, 0.15) is 0 Å². The molecule has 0 unspecified atom stereocenters. The molecule has 6 heteroatoms. The van der Waals surface area contributed by atoms with E-state index in [0.717, 1.165) is 31.2 Å². The zero-order valence-electron chi connectivity index (χ0n) is 15.6. The maximum atomic E-state index is 12.8. The van der Waals surface area contributed by atoms with E-state index in [1.807, 2.05) is 6.92 Å². The average Bonchev–Trinajstić information content (AvgIpc) is 2.96. The van der Waals surface area contributed by atoms with Gasteiger partial charge in [0.25, 0.3) is 5.91 Å². The Kier molecular flexibility index (Phi) is 4.94. The maximum Gasteiger partial charge on any atom is 0.255 e. The lowest BCUT2D eigenvalue weighted by Crippen LogP contribution is -2.31. The van der Waals surface area contributed by atoms with Crippen LogP contribution < -0.4 is 10.2 Å². The van der Waals surface area contributed by atoms with E-state index in [1.165, 1.54) is 4.90 Å². The molecule has 1 saturated heterocycles. The number of imide groups is 1. The van der Waals surface area contributed by atoms with E-state index in [2.05, 4.69) is 5.32 Å². The highest BCUT2D eigenvalue weighted by atomic mass is 35.5. The normalized spacial score (nSPS) is 21.6. The van der Waals surface area contributed by atoms with Gasteiger partial charge in [0.2, 0.25) is 11.8 Å². The van der Waals surface area contributed by atoms with E-state index >= 15 is 0 Å². The third kappa shape index (κ3) is 3.20. The van der Waals surface area contributed by atoms with Gasteiger partial charge < -0.3 is 5.32 Å². The molecule has 0 aromatic heterocycles. The Morgan fingerprint density at radius 2 is 1.68 bits per heavy atom. The molecule has 2 fully saturated rings. The molecule has 5 nitrogen and oxygen atoms in total. The van der Waals surface area contributed by atoms with Gasteiger partial charge in [-0.2, -0.15) is 0 Å². The zero-order valence-corrected chi connectivity index (χ0v) is 16.3. The fourth-order valence-electron chi connectivity index (χ4n) is 4.14. The van der Waals surface area contributed by atoms with E-state index < -0.39 is 0 Å². The molecule has 144 valence electrons. The second-order valence-corrected chi connectivity index (χ2v) is 7.83. The summed E-state index contributed by atoms with van der Waals surface area (Å²) in [4.78, 5) is 39.6. The van der Waals surface area contributed by atoms with Crippen molar-refractivity contribution in [1.82, 2.24) is 0 Å². The van der Waals surface area contributed by atoms with Crippen LogP contribution in [0.15, 0.2) is 42.5 Å². The number of anilines is 2. The van der Waals surface area contributed by atoms with Crippen molar-refractivity contribution in [2.24, 2.45) is 11.8 Å². The number of nitrogens with one attached hydrogen (secondary N) is 1. The molecule has 1 aliphatic carbocycles. The van der Waals surface area contributed by atoms with Crippen molar-refractivity contribution in [2.75, 3.05) is 10.2 Å². The van der Waals surface area contributed by atoms with Crippen molar-refractivity contribution in [2.45, 2.75) is 32.6 Å². The van der Waals surface area contributed by atoms with E-state index in [-0.39, 0.29) is 29.6 Å². The number of fused-ring (bicyclic) bond motifs is 1. The van der Waals surface area contributed by atoms with E-state index in [1.54, 1.807) is 42.5 Å². The molecule has 2 aromatic carbocycles. The smallest absolute Gasteiger partial charge is 0.255 e.